The zero-order chi connectivity index (χ0) is 23.8. The number of aryl methyl sites for hydroxylation is 3. The first-order valence-electron chi connectivity index (χ1n) is 11.5. The molecule has 4 aromatic rings. The first-order valence-corrected chi connectivity index (χ1v) is 11.5. The molecule has 3 atom stereocenters. The van der Waals surface area contributed by atoms with E-state index in [0.29, 0.717) is 5.56 Å². The fourth-order valence-electron chi connectivity index (χ4n) is 4.73. The van der Waals surface area contributed by atoms with Gasteiger partial charge in [0.1, 0.15) is 12.0 Å². The minimum absolute atomic E-state index is 0.219. The number of nitrogens with zero attached hydrogens (tertiary/aromatic N) is 2. The van der Waals surface area contributed by atoms with Gasteiger partial charge in [0.15, 0.2) is 0 Å². The molecule has 34 heavy (non-hydrogen) atoms. The number of carbonyl (C=O) groups is 1. The number of hydrogen-bond acceptors (Lipinski definition) is 4. The fraction of sp³-hybridized carbons (Fsp3) is 0.214. The Labute approximate surface area is 199 Å². The van der Waals surface area contributed by atoms with Crippen LogP contribution in [0.2, 0.25) is 0 Å². The summed E-state index contributed by atoms with van der Waals surface area (Å²) in [5.74, 6) is 0.240. The summed E-state index contributed by atoms with van der Waals surface area (Å²) in [5, 5.41) is 22.4. The molecule has 6 heteroatoms. The molecule has 6 nitrogen and oxygen atoms in total. The Balaban J connectivity index is 1.61. The van der Waals surface area contributed by atoms with E-state index in [9.17, 15) is 9.90 Å². The van der Waals surface area contributed by atoms with E-state index < -0.39 is 12.3 Å². The molecule has 3 aromatic carbocycles. The van der Waals surface area contributed by atoms with Crippen LogP contribution in [0.3, 0.4) is 0 Å². The van der Waals surface area contributed by atoms with Crippen LogP contribution in [0.1, 0.15) is 44.2 Å². The van der Waals surface area contributed by atoms with Crippen LogP contribution >= 0.6 is 0 Å². The predicted molar refractivity (Wildman–Crippen MR) is 133 cm³/mol. The van der Waals surface area contributed by atoms with E-state index >= 15 is 0 Å². The molecule has 0 saturated heterocycles. The molecule has 5 rings (SSSR count). The number of fused-ring (bicyclic) bond motifs is 1. The summed E-state index contributed by atoms with van der Waals surface area (Å²) in [6, 6.07) is 24.9. The molecule has 3 N–H and O–H groups in total. The SMILES string of the molecule is Cc1ccc([C@H]2c3c(C)nn(-c4ccccc4)c3N[C@@H](O)[C@H]2NC(=O)c2cccc(C)c2)cc1. The van der Waals surface area contributed by atoms with Gasteiger partial charge in [0.2, 0.25) is 0 Å². The summed E-state index contributed by atoms with van der Waals surface area (Å²) in [4.78, 5) is 13.2. The lowest BCUT2D eigenvalue weighted by Crippen LogP contribution is -2.53. The number of aliphatic hydroxyl groups excluding tert-OH is 1. The van der Waals surface area contributed by atoms with Crippen LogP contribution in [0.4, 0.5) is 5.82 Å². The third-order valence-electron chi connectivity index (χ3n) is 6.42. The van der Waals surface area contributed by atoms with E-state index in [4.69, 9.17) is 5.10 Å². The number of hydrogen-bond donors (Lipinski definition) is 3. The number of aliphatic hydroxyl groups is 1. The molecule has 2 heterocycles. The highest BCUT2D eigenvalue weighted by Gasteiger charge is 2.41. The third kappa shape index (κ3) is 3.97. The van der Waals surface area contributed by atoms with Gasteiger partial charge in [-0.15, -0.1) is 0 Å². The van der Waals surface area contributed by atoms with Crippen LogP contribution in [0.25, 0.3) is 5.69 Å². The van der Waals surface area contributed by atoms with Gasteiger partial charge < -0.3 is 15.7 Å². The average Bonchev–Trinajstić information content (AvgIpc) is 3.16. The van der Waals surface area contributed by atoms with Gasteiger partial charge in [0, 0.05) is 17.0 Å². The number of carbonyl (C=O) groups excluding carboxylic acids is 1. The average molecular weight is 453 g/mol. The second-order valence-corrected chi connectivity index (χ2v) is 8.94. The van der Waals surface area contributed by atoms with E-state index in [1.54, 1.807) is 6.07 Å². The van der Waals surface area contributed by atoms with E-state index in [-0.39, 0.29) is 11.8 Å². The first-order chi connectivity index (χ1) is 16.4. The Morgan fingerprint density at radius 1 is 0.941 bits per heavy atom. The Morgan fingerprint density at radius 3 is 2.38 bits per heavy atom. The molecule has 0 saturated carbocycles. The maximum absolute atomic E-state index is 13.2. The second kappa shape index (κ2) is 8.80. The number of aromatic nitrogens is 2. The van der Waals surface area contributed by atoms with E-state index in [2.05, 4.69) is 34.9 Å². The summed E-state index contributed by atoms with van der Waals surface area (Å²) in [7, 11) is 0. The fourth-order valence-corrected chi connectivity index (χ4v) is 4.73. The van der Waals surface area contributed by atoms with Gasteiger partial charge in [-0.3, -0.25) is 4.79 Å². The number of amides is 1. The normalized spacial score (nSPS) is 19.2. The number of benzene rings is 3. The first kappa shape index (κ1) is 21.9. The van der Waals surface area contributed by atoms with Crippen molar-refractivity contribution in [1.82, 2.24) is 15.1 Å². The molecule has 0 unspecified atom stereocenters. The van der Waals surface area contributed by atoms with Gasteiger partial charge in [-0.1, -0.05) is 65.7 Å². The van der Waals surface area contributed by atoms with Crippen molar-refractivity contribution in [3.8, 4) is 5.69 Å². The molecule has 1 aliphatic rings. The van der Waals surface area contributed by atoms with Crippen molar-refractivity contribution in [3.63, 3.8) is 0 Å². The largest absolute Gasteiger partial charge is 0.372 e. The summed E-state index contributed by atoms with van der Waals surface area (Å²) in [5.41, 5.74) is 6.44. The quantitative estimate of drug-likeness (QED) is 0.427. The Hall–Kier alpha value is -3.90. The molecule has 0 radical (unpaired) electrons. The number of para-hydroxylation sites is 1. The Kier molecular flexibility index (Phi) is 5.67. The molecule has 1 amide bonds. The van der Waals surface area contributed by atoms with E-state index in [0.717, 1.165) is 39.5 Å². The third-order valence-corrected chi connectivity index (χ3v) is 6.42. The molecular formula is C28H28N4O2. The lowest BCUT2D eigenvalue weighted by Gasteiger charge is -2.38. The highest BCUT2D eigenvalue weighted by Crippen LogP contribution is 2.41. The van der Waals surface area contributed by atoms with Crippen molar-refractivity contribution in [2.75, 3.05) is 5.32 Å². The molecule has 1 aliphatic heterocycles. The number of nitrogens with one attached hydrogen (secondary N) is 2. The molecule has 172 valence electrons. The van der Waals surface area contributed by atoms with Crippen molar-refractivity contribution in [3.05, 3.63) is 112 Å². The maximum atomic E-state index is 13.2. The maximum Gasteiger partial charge on any atom is 0.251 e. The van der Waals surface area contributed by atoms with Gasteiger partial charge in [-0.05, 0) is 50.6 Å². The molecule has 0 spiro atoms. The zero-order valence-electron chi connectivity index (χ0n) is 19.5. The topological polar surface area (TPSA) is 79.2 Å². The lowest BCUT2D eigenvalue weighted by molar-refractivity contribution is 0.0844. The van der Waals surface area contributed by atoms with Crippen molar-refractivity contribution in [1.29, 1.82) is 0 Å². The highest BCUT2D eigenvalue weighted by molar-refractivity contribution is 5.94. The van der Waals surface area contributed by atoms with Crippen LogP contribution in [0, 0.1) is 20.8 Å². The van der Waals surface area contributed by atoms with Crippen LogP contribution in [-0.2, 0) is 0 Å². The van der Waals surface area contributed by atoms with Crippen molar-refractivity contribution in [2.45, 2.75) is 39.0 Å². The molecule has 0 aliphatic carbocycles. The van der Waals surface area contributed by atoms with Crippen LogP contribution in [0.5, 0.6) is 0 Å². The van der Waals surface area contributed by atoms with Gasteiger partial charge in [0.05, 0.1) is 17.4 Å². The van der Waals surface area contributed by atoms with Crippen LogP contribution < -0.4 is 10.6 Å². The monoisotopic (exact) mass is 452 g/mol. The Bertz CT molecular complexity index is 1330. The Morgan fingerprint density at radius 2 is 1.68 bits per heavy atom. The lowest BCUT2D eigenvalue weighted by atomic mass is 9.81. The van der Waals surface area contributed by atoms with Crippen LogP contribution in [0.15, 0.2) is 78.9 Å². The molecular weight excluding hydrogens is 424 g/mol. The minimum atomic E-state index is -1.01. The van der Waals surface area contributed by atoms with Gasteiger partial charge in [0.25, 0.3) is 5.91 Å². The van der Waals surface area contributed by atoms with E-state index in [1.165, 1.54) is 0 Å². The van der Waals surface area contributed by atoms with Gasteiger partial charge in [-0.25, -0.2) is 4.68 Å². The summed E-state index contributed by atoms with van der Waals surface area (Å²) < 4.78 is 1.83. The summed E-state index contributed by atoms with van der Waals surface area (Å²) in [6.45, 7) is 5.97. The van der Waals surface area contributed by atoms with Crippen LogP contribution in [-0.4, -0.2) is 33.1 Å². The smallest absolute Gasteiger partial charge is 0.251 e. The summed E-state index contributed by atoms with van der Waals surface area (Å²) in [6.07, 6.45) is -1.01. The highest BCUT2D eigenvalue weighted by atomic mass is 16.3. The van der Waals surface area contributed by atoms with Gasteiger partial charge in [-0.2, -0.15) is 5.10 Å². The number of rotatable bonds is 4. The van der Waals surface area contributed by atoms with E-state index in [1.807, 2.05) is 74.0 Å². The number of anilines is 1. The molecule has 0 bridgehead atoms. The van der Waals surface area contributed by atoms with Crippen molar-refractivity contribution in [2.24, 2.45) is 0 Å². The van der Waals surface area contributed by atoms with Crippen molar-refractivity contribution >= 4 is 11.7 Å². The zero-order valence-corrected chi connectivity index (χ0v) is 19.5. The predicted octanol–water partition coefficient (Wildman–Crippen LogP) is 4.47. The standard InChI is InChI=1S/C28H28N4O2/c1-17-12-14-20(15-13-17)24-23-19(3)31-32(22-10-5-4-6-11-22)26(23)30-28(34)25(24)29-27(33)21-9-7-8-18(2)16-21/h4-16,24-25,28,30,34H,1-3H3,(H,29,33)/t24-,25-,28-/m0/s1. The second-order valence-electron chi connectivity index (χ2n) is 8.94. The van der Waals surface area contributed by atoms with Crippen molar-refractivity contribution < 1.29 is 9.90 Å². The minimum Gasteiger partial charge on any atom is -0.372 e. The molecule has 0 fully saturated rings. The summed E-state index contributed by atoms with van der Waals surface area (Å²) >= 11 is 0. The molecule has 1 aromatic heterocycles. The van der Waals surface area contributed by atoms with Gasteiger partial charge >= 0.3 is 0 Å².